The average Bonchev–Trinajstić information content (AvgIpc) is 2.21. The zero-order valence-corrected chi connectivity index (χ0v) is 8.07. The van der Waals surface area contributed by atoms with Gasteiger partial charge in [-0.25, -0.2) is 8.42 Å². The van der Waals surface area contributed by atoms with Crippen LogP contribution in [0.3, 0.4) is 0 Å². The Balaban J connectivity index is 3.61. The Bertz CT molecular complexity index is 545. The first-order chi connectivity index (χ1) is 7.20. The summed E-state index contributed by atoms with van der Waals surface area (Å²) in [4.78, 5) is 4.79. The lowest BCUT2D eigenvalue weighted by Crippen LogP contribution is -1.80. The molecule has 15 heavy (non-hydrogen) atoms. The van der Waals surface area contributed by atoms with Crippen LogP contribution in [-0.4, -0.2) is 8.42 Å². The molecule has 0 fully saturated rings. The highest BCUT2D eigenvalue weighted by molar-refractivity contribution is 7.72. The number of hydrogen-bond acceptors (Lipinski definition) is 4. The molecule has 0 saturated carbocycles. The van der Waals surface area contributed by atoms with Crippen LogP contribution in [0.4, 0.5) is 11.4 Å². The summed E-state index contributed by atoms with van der Waals surface area (Å²) in [7, 11) is -2.90. The number of thiol groups is 1. The molecule has 0 radical (unpaired) electrons. The van der Waals surface area contributed by atoms with E-state index in [1.54, 1.807) is 0 Å². The van der Waals surface area contributed by atoms with Crippen molar-refractivity contribution in [3.05, 3.63) is 39.1 Å². The van der Waals surface area contributed by atoms with Gasteiger partial charge in [0.05, 0.1) is 10.6 Å². The molecule has 0 saturated heterocycles. The largest absolute Gasteiger partial charge is 0.227 e. The Labute approximate surface area is 85.4 Å². The molecule has 0 aliphatic heterocycles. The zero-order chi connectivity index (χ0) is 11.3. The monoisotopic (exact) mass is 224 g/mol. The molecule has 76 valence electrons. The molecule has 0 N–H and O–H groups in total. The maximum Gasteiger partial charge on any atom is 0.168 e. The van der Waals surface area contributed by atoms with Gasteiger partial charge in [-0.15, -0.1) is 0 Å². The Morgan fingerprint density at radius 1 is 1.13 bits per heavy atom. The van der Waals surface area contributed by atoms with Crippen molar-refractivity contribution in [2.45, 2.75) is 4.90 Å². The van der Waals surface area contributed by atoms with Gasteiger partial charge in [0.2, 0.25) is 0 Å². The highest BCUT2D eigenvalue weighted by atomic mass is 32.2. The highest BCUT2D eigenvalue weighted by Crippen LogP contribution is 2.32. The van der Waals surface area contributed by atoms with E-state index in [9.17, 15) is 8.42 Å². The minimum absolute atomic E-state index is 0.0213. The normalized spacial score (nSPS) is 9.13. The van der Waals surface area contributed by atoms with Crippen LogP contribution in [0.1, 0.15) is 0 Å². The van der Waals surface area contributed by atoms with Crippen LogP contribution >= 0.6 is 0 Å². The summed E-state index contributed by atoms with van der Waals surface area (Å²) in [5.41, 5.74) is 16.3. The van der Waals surface area contributed by atoms with E-state index >= 15 is 0 Å². The molecule has 8 nitrogen and oxygen atoms in total. The molecule has 0 aliphatic carbocycles. The van der Waals surface area contributed by atoms with Crippen molar-refractivity contribution >= 4 is 22.1 Å². The van der Waals surface area contributed by atoms with E-state index in [2.05, 4.69) is 20.1 Å². The molecular weight excluding hydrogens is 220 g/mol. The van der Waals surface area contributed by atoms with Crippen molar-refractivity contribution < 1.29 is 8.42 Å². The molecule has 0 bridgehead atoms. The predicted octanol–water partition coefficient (Wildman–Crippen LogP) is 2.54. The Hall–Kier alpha value is -2.21. The molecular formula is C6H4N6O2S. The van der Waals surface area contributed by atoms with Crippen LogP contribution in [0.2, 0.25) is 0 Å². The molecule has 9 heteroatoms. The molecule has 0 aromatic heterocycles. The number of rotatable bonds is 3. The second kappa shape index (κ2) is 4.87. The SMILES string of the molecule is [N-]=[N+]=Nc1cccc([SH](=O)=O)c1N=[N+]=[N-]. The van der Waals surface area contributed by atoms with Crippen molar-refractivity contribution in [3.8, 4) is 0 Å². The van der Waals surface area contributed by atoms with Crippen LogP contribution in [0.25, 0.3) is 20.9 Å². The van der Waals surface area contributed by atoms with Crippen LogP contribution in [0.15, 0.2) is 33.3 Å². The van der Waals surface area contributed by atoms with E-state index in [0.717, 1.165) is 0 Å². The smallest absolute Gasteiger partial charge is 0.168 e. The van der Waals surface area contributed by atoms with E-state index in [4.69, 9.17) is 11.1 Å². The van der Waals surface area contributed by atoms with Crippen LogP contribution < -0.4 is 0 Å². The fraction of sp³-hybridized carbons (Fsp3) is 0. The first kappa shape index (κ1) is 10.9. The van der Waals surface area contributed by atoms with Crippen LogP contribution in [-0.2, 0) is 10.7 Å². The molecule has 0 aliphatic rings. The maximum absolute atomic E-state index is 10.8. The molecule has 0 atom stereocenters. The van der Waals surface area contributed by atoms with Crippen molar-refractivity contribution in [2.24, 2.45) is 10.2 Å². The van der Waals surface area contributed by atoms with E-state index in [1.807, 2.05) is 0 Å². The second-order valence-corrected chi connectivity index (χ2v) is 3.28. The second-order valence-electron chi connectivity index (χ2n) is 2.28. The fourth-order valence-electron chi connectivity index (χ4n) is 0.943. The molecule has 0 amide bonds. The molecule has 0 unspecified atom stereocenters. The lowest BCUT2D eigenvalue weighted by molar-refractivity contribution is 0.615. The van der Waals surface area contributed by atoms with Crippen molar-refractivity contribution in [3.63, 3.8) is 0 Å². The van der Waals surface area contributed by atoms with Gasteiger partial charge in [0, 0.05) is 15.5 Å². The Morgan fingerprint density at radius 3 is 2.33 bits per heavy atom. The van der Waals surface area contributed by atoms with Gasteiger partial charge >= 0.3 is 0 Å². The summed E-state index contributed by atoms with van der Waals surface area (Å²) < 4.78 is 21.5. The third-order valence-electron chi connectivity index (χ3n) is 1.49. The number of azide groups is 2. The van der Waals surface area contributed by atoms with Gasteiger partial charge in [-0.3, -0.25) is 0 Å². The quantitative estimate of drug-likeness (QED) is 0.365. The van der Waals surface area contributed by atoms with Crippen LogP contribution in [0.5, 0.6) is 0 Å². The van der Waals surface area contributed by atoms with Crippen molar-refractivity contribution in [1.82, 2.24) is 0 Å². The Morgan fingerprint density at radius 2 is 1.80 bits per heavy atom. The molecule has 1 rings (SSSR count). The van der Waals surface area contributed by atoms with Gasteiger partial charge in [0.25, 0.3) is 0 Å². The minimum atomic E-state index is -2.90. The first-order valence-corrected chi connectivity index (χ1v) is 4.76. The van der Waals surface area contributed by atoms with E-state index in [-0.39, 0.29) is 16.3 Å². The lowest BCUT2D eigenvalue weighted by Gasteiger charge is -2.00. The molecule has 1 aromatic carbocycles. The summed E-state index contributed by atoms with van der Waals surface area (Å²) in [6, 6.07) is 4.00. The topological polar surface area (TPSA) is 132 Å². The summed E-state index contributed by atoms with van der Waals surface area (Å²) in [5.74, 6) is 0. The van der Waals surface area contributed by atoms with Crippen LogP contribution in [0, 0.1) is 0 Å². The summed E-state index contributed by atoms with van der Waals surface area (Å²) >= 11 is 0. The maximum atomic E-state index is 10.8. The van der Waals surface area contributed by atoms with Gasteiger partial charge in [-0.1, -0.05) is 22.4 Å². The number of hydrogen-bond donors (Lipinski definition) is 1. The van der Waals surface area contributed by atoms with Gasteiger partial charge in [-0.2, -0.15) is 0 Å². The van der Waals surface area contributed by atoms with Crippen molar-refractivity contribution in [1.29, 1.82) is 0 Å². The van der Waals surface area contributed by atoms with Crippen molar-refractivity contribution in [2.75, 3.05) is 0 Å². The molecule has 1 aromatic rings. The van der Waals surface area contributed by atoms with E-state index in [1.165, 1.54) is 18.2 Å². The Kier molecular flexibility index (Phi) is 3.53. The molecule has 0 heterocycles. The number of nitrogens with zero attached hydrogens (tertiary/aromatic N) is 6. The highest BCUT2D eigenvalue weighted by Gasteiger charge is 2.06. The predicted molar refractivity (Wildman–Crippen MR) is 52.6 cm³/mol. The van der Waals surface area contributed by atoms with E-state index in [0.29, 0.717) is 0 Å². The summed E-state index contributed by atoms with van der Waals surface area (Å²) in [6.45, 7) is 0. The summed E-state index contributed by atoms with van der Waals surface area (Å²) in [6.07, 6.45) is 0. The standard InChI is InChI=1S/C6H4N6O2S/c7-11-9-4-2-1-3-5(15(13)14)6(4)10-12-8/h1-3,15H. The zero-order valence-electron chi connectivity index (χ0n) is 7.18. The van der Waals surface area contributed by atoms with Gasteiger partial charge in [0.15, 0.2) is 10.7 Å². The van der Waals surface area contributed by atoms with E-state index < -0.39 is 10.7 Å². The number of benzene rings is 1. The first-order valence-electron chi connectivity index (χ1n) is 3.58. The fourth-order valence-corrected chi connectivity index (χ4v) is 1.48. The van der Waals surface area contributed by atoms with Gasteiger partial charge in [0.1, 0.15) is 0 Å². The van der Waals surface area contributed by atoms with Gasteiger partial charge < -0.3 is 0 Å². The average molecular weight is 224 g/mol. The van der Waals surface area contributed by atoms with Gasteiger partial charge in [-0.05, 0) is 17.1 Å². The minimum Gasteiger partial charge on any atom is -0.227 e. The third kappa shape index (κ3) is 2.38. The molecule has 0 spiro atoms. The lowest BCUT2D eigenvalue weighted by atomic mass is 10.3. The summed E-state index contributed by atoms with van der Waals surface area (Å²) in [5, 5.41) is 6.39. The third-order valence-corrected chi connectivity index (χ3v) is 2.24.